The molecular formula is C16H26N2O2. The van der Waals surface area contributed by atoms with Crippen LogP contribution in [-0.2, 0) is 4.79 Å². The molecule has 0 aliphatic carbocycles. The number of carbonyl (C=O) groups excluding carboxylic acids is 1. The average Bonchev–Trinajstić information content (AvgIpc) is 2.47. The minimum atomic E-state index is -0.664. The Balaban J connectivity index is 2.90. The number of hydrogen-bond acceptors (Lipinski definition) is 3. The molecule has 1 aromatic carbocycles. The second-order valence-corrected chi connectivity index (χ2v) is 5.11. The van der Waals surface area contributed by atoms with Crippen LogP contribution in [0.1, 0.15) is 43.9 Å². The highest BCUT2D eigenvalue weighted by Crippen LogP contribution is 2.18. The molecule has 0 spiro atoms. The first-order valence-electron chi connectivity index (χ1n) is 7.28. The van der Waals surface area contributed by atoms with Gasteiger partial charge in [-0.2, -0.15) is 0 Å². The number of hydrogen-bond donors (Lipinski definition) is 2. The fourth-order valence-corrected chi connectivity index (χ4v) is 2.40. The first-order valence-corrected chi connectivity index (χ1v) is 7.28. The largest absolute Gasteiger partial charge is 0.395 e. The molecule has 3 N–H and O–H groups in total. The lowest BCUT2D eigenvalue weighted by atomic mass is 10.0. The van der Waals surface area contributed by atoms with E-state index in [0.29, 0.717) is 6.54 Å². The Morgan fingerprint density at radius 1 is 1.25 bits per heavy atom. The summed E-state index contributed by atoms with van der Waals surface area (Å²) in [5, 5.41) is 9.18. The van der Waals surface area contributed by atoms with E-state index in [1.54, 1.807) is 4.90 Å². The molecule has 1 unspecified atom stereocenters. The molecule has 0 bridgehead atoms. The Hall–Kier alpha value is -1.39. The third-order valence-corrected chi connectivity index (χ3v) is 3.71. The molecule has 1 aromatic rings. The number of aliphatic hydroxyl groups is 1. The van der Waals surface area contributed by atoms with Crippen LogP contribution in [0.5, 0.6) is 0 Å². The van der Waals surface area contributed by atoms with Crippen LogP contribution in [-0.4, -0.2) is 35.1 Å². The summed E-state index contributed by atoms with van der Waals surface area (Å²) in [7, 11) is 0. The van der Waals surface area contributed by atoms with E-state index in [1.165, 1.54) is 0 Å². The minimum absolute atomic E-state index is 0.0388. The summed E-state index contributed by atoms with van der Waals surface area (Å²) in [5.74, 6) is -0.114. The molecule has 0 aromatic heterocycles. The molecule has 112 valence electrons. The van der Waals surface area contributed by atoms with Gasteiger partial charge in [0.1, 0.15) is 6.04 Å². The molecule has 4 heteroatoms. The number of amides is 1. The number of carbonyl (C=O) groups is 1. The number of nitrogens with two attached hydrogens (primary N) is 1. The third-order valence-electron chi connectivity index (χ3n) is 3.71. The maximum Gasteiger partial charge on any atom is 0.244 e. The maximum atomic E-state index is 12.6. The predicted octanol–water partition coefficient (Wildman–Crippen LogP) is 2.00. The molecule has 0 saturated heterocycles. The SMILES string of the molecule is CCC(CC)N(CCO)C(=O)C(N)c1ccc(C)cc1. The van der Waals surface area contributed by atoms with Crippen molar-refractivity contribution in [2.75, 3.05) is 13.2 Å². The first kappa shape index (κ1) is 16.7. The topological polar surface area (TPSA) is 66.6 Å². The van der Waals surface area contributed by atoms with Crippen LogP contribution >= 0.6 is 0 Å². The average molecular weight is 278 g/mol. The highest BCUT2D eigenvalue weighted by molar-refractivity contribution is 5.83. The highest BCUT2D eigenvalue weighted by atomic mass is 16.3. The zero-order valence-electron chi connectivity index (χ0n) is 12.7. The van der Waals surface area contributed by atoms with Crippen molar-refractivity contribution in [1.82, 2.24) is 4.90 Å². The Labute approximate surface area is 121 Å². The van der Waals surface area contributed by atoms with E-state index in [9.17, 15) is 9.90 Å². The number of rotatable bonds is 7. The summed E-state index contributed by atoms with van der Waals surface area (Å²) in [6.45, 7) is 6.39. The van der Waals surface area contributed by atoms with Gasteiger partial charge in [-0.3, -0.25) is 4.79 Å². The van der Waals surface area contributed by atoms with Gasteiger partial charge < -0.3 is 15.7 Å². The third kappa shape index (κ3) is 4.05. The highest BCUT2D eigenvalue weighted by Gasteiger charge is 2.26. The van der Waals surface area contributed by atoms with Gasteiger partial charge in [0.05, 0.1) is 6.61 Å². The lowest BCUT2D eigenvalue weighted by molar-refractivity contribution is -0.135. The smallest absolute Gasteiger partial charge is 0.244 e. The summed E-state index contributed by atoms with van der Waals surface area (Å²) < 4.78 is 0. The van der Waals surface area contributed by atoms with Crippen LogP contribution in [0.25, 0.3) is 0 Å². The summed E-state index contributed by atoms with van der Waals surface area (Å²) >= 11 is 0. The number of benzene rings is 1. The number of aliphatic hydroxyl groups excluding tert-OH is 1. The summed E-state index contributed by atoms with van der Waals surface area (Å²) in [5.41, 5.74) is 8.05. The molecule has 0 fully saturated rings. The molecular weight excluding hydrogens is 252 g/mol. The van der Waals surface area contributed by atoms with Crippen molar-refractivity contribution in [2.24, 2.45) is 5.73 Å². The molecule has 1 amide bonds. The normalized spacial score (nSPS) is 12.5. The van der Waals surface area contributed by atoms with Crippen LogP contribution < -0.4 is 5.73 Å². The van der Waals surface area contributed by atoms with E-state index >= 15 is 0 Å². The van der Waals surface area contributed by atoms with Gasteiger partial charge in [0.2, 0.25) is 5.91 Å². The molecule has 0 radical (unpaired) electrons. The van der Waals surface area contributed by atoms with Gasteiger partial charge in [-0.1, -0.05) is 43.7 Å². The van der Waals surface area contributed by atoms with Crippen LogP contribution in [0, 0.1) is 6.92 Å². The second kappa shape index (κ2) is 8.02. The van der Waals surface area contributed by atoms with E-state index in [4.69, 9.17) is 5.73 Å². The first-order chi connectivity index (χ1) is 9.54. The van der Waals surface area contributed by atoms with Gasteiger partial charge in [0.25, 0.3) is 0 Å². The second-order valence-electron chi connectivity index (χ2n) is 5.11. The molecule has 1 atom stereocenters. The van der Waals surface area contributed by atoms with Crippen LogP contribution in [0.4, 0.5) is 0 Å². The van der Waals surface area contributed by atoms with E-state index in [-0.39, 0.29) is 18.6 Å². The van der Waals surface area contributed by atoms with Crippen LogP contribution in [0.2, 0.25) is 0 Å². The van der Waals surface area contributed by atoms with Crippen LogP contribution in [0.3, 0.4) is 0 Å². The summed E-state index contributed by atoms with van der Waals surface area (Å²) in [6, 6.07) is 7.16. The Morgan fingerprint density at radius 3 is 2.25 bits per heavy atom. The molecule has 0 saturated carbocycles. The lowest BCUT2D eigenvalue weighted by Crippen LogP contribution is -2.46. The molecule has 0 heterocycles. The fraction of sp³-hybridized carbons (Fsp3) is 0.562. The monoisotopic (exact) mass is 278 g/mol. The molecule has 1 rings (SSSR count). The minimum Gasteiger partial charge on any atom is -0.395 e. The predicted molar refractivity (Wildman–Crippen MR) is 81.3 cm³/mol. The van der Waals surface area contributed by atoms with Crippen molar-refractivity contribution in [3.05, 3.63) is 35.4 Å². The van der Waals surface area contributed by atoms with Gasteiger partial charge in [0.15, 0.2) is 0 Å². The van der Waals surface area contributed by atoms with Crippen molar-refractivity contribution >= 4 is 5.91 Å². The van der Waals surface area contributed by atoms with Crippen molar-refractivity contribution in [2.45, 2.75) is 45.7 Å². The van der Waals surface area contributed by atoms with Gasteiger partial charge in [0, 0.05) is 12.6 Å². The van der Waals surface area contributed by atoms with Crippen molar-refractivity contribution in [3.8, 4) is 0 Å². The maximum absolute atomic E-state index is 12.6. The standard InChI is InChI=1S/C16H26N2O2/c1-4-14(5-2)18(10-11-19)16(20)15(17)13-8-6-12(3)7-9-13/h6-9,14-15,19H,4-5,10-11,17H2,1-3H3. The van der Waals surface area contributed by atoms with Gasteiger partial charge in [-0.25, -0.2) is 0 Å². The molecule has 4 nitrogen and oxygen atoms in total. The van der Waals surface area contributed by atoms with E-state index in [0.717, 1.165) is 24.0 Å². The molecule has 0 aliphatic rings. The zero-order valence-corrected chi connectivity index (χ0v) is 12.7. The summed E-state index contributed by atoms with van der Waals surface area (Å²) in [6.07, 6.45) is 1.73. The Morgan fingerprint density at radius 2 is 1.80 bits per heavy atom. The number of nitrogens with zero attached hydrogens (tertiary/aromatic N) is 1. The van der Waals surface area contributed by atoms with E-state index in [1.807, 2.05) is 45.0 Å². The van der Waals surface area contributed by atoms with Gasteiger partial charge >= 0.3 is 0 Å². The molecule has 0 aliphatic heterocycles. The van der Waals surface area contributed by atoms with Gasteiger partial charge in [-0.05, 0) is 25.3 Å². The van der Waals surface area contributed by atoms with Crippen molar-refractivity contribution in [3.63, 3.8) is 0 Å². The molecule has 20 heavy (non-hydrogen) atoms. The number of aryl methyl sites for hydroxylation is 1. The van der Waals surface area contributed by atoms with Crippen molar-refractivity contribution < 1.29 is 9.90 Å². The zero-order chi connectivity index (χ0) is 15.1. The Bertz CT molecular complexity index is 413. The lowest BCUT2D eigenvalue weighted by Gasteiger charge is -2.32. The fourth-order valence-electron chi connectivity index (χ4n) is 2.40. The quantitative estimate of drug-likeness (QED) is 0.801. The summed E-state index contributed by atoms with van der Waals surface area (Å²) in [4.78, 5) is 14.3. The van der Waals surface area contributed by atoms with Crippen LogP contribution in [0.15, 0.2) is 24.3 Å². The van der Waals surface area contributed by atoms with Gasteiger partial charge in [-0.15, -0.1) is 0 Å². The van der Waals surface area contributed by atoms with E-state index in [2.05, 4.69) is 0 Å². The van der Waals surface area contributed by atoms with E-state index < -0.39 is 6.04 Å². The Kier molecular flexibility index (Phi) is 6.68. The van der Waals surface area contributed by atoms with Crippen molar-refractivity contribution in [1.29, 1.82) is 0 Å².